The summed E-state index contributed by atoms with van der Waals surface area (Å²) in [4.78, 5) is 36.5. The quantitative estimate of drug-likeness (QED) is 0.856. The van der Waals surface area contributed by atoms with Gasteiger partial charge in [-0.05, 0) is 37.0 Å². The average molecular weight is 294 g/mol. The average Bonchev–Trinajstić information content (AvgIpc) is 3.17. The molecule has 0 bridgehead atoms. The minimum atomic E-state index is -1.10. The van der Waals surface area contributed by atoms with E-state index in [1.54, 1.807) is 0 Å². The highest BCUT2D eigenvalue weighted by atomic mass is 19.1. The molecule has 1 saturated heterocycles. The SMILES string of the molecule is O=C1NC(=O)C2(CC2)C(=O)N1CCc1cc(F)cc(F)c1. The highest BCUT2D eigenvalue weighted by molar-refractivity contribution is 6.20. The number of hydrogen-bond donors (Lipinski definition) is 1. The summed E-state index contributed by atoms with van der Waals surface area (Å²) in [5.74, 6) is -2.50. The molecule has 0 unspecified atom stereocenters. The molecule has 4 amide bonds. The molecule has 3 rings (SSSR count). The van der Waals surface area contributed by atoms with Crippen molar-refractivity contribution in [3.63, 3.8) is 0 Å². The van der Waals surface area contributed by atoms with Crippen LogP contribution in [0.15, 0.2) is 18.2 Å². The Labute approximate surface area is 118 Å². The van der Waals surface area contributed by atoms with Crippen LogP contribution in [-0.4, -0.2) is 29.3 Å². The van der Waals surface area contributed by atoms with Crippen LogP contribution in [0.25, 0.3) is 0 Å². The van der Waals surface area contributed by atoms with Crippen LogP contribution in [0.1, 0.15) is 18.4 Å². The molecule has 5 nitrogen and oxygen atoms in total. The molecule has 0 radical (unpaired) electrons. The minimum Gasteiger partial charge on any atom is -0.277 e. The van der Waals surface area contributed by atoms with Crippen molar-refractivity contribution in [1.82, 2.24) is 10.2 Å². The van der Waals surface area contributed by atoms with Crippen molar-refractivity contribution in [3.8, 4) is 0 Å². The molecule has 1 aliphatic heterocycles. The molecule has 1 heterocycles. The number of hydrogen-bond acceptors (Lipinski definition) is 3. The largest absolute Gasteiger partial charge is 0.330 e. The van der Waals surface area contributed by atoms with E-state index >= 15 is 0 Å². The Hall–Kier alpha value is -2.31. The zero-order chi connectivity index (χ0) is 15.2. The first-order chi connectivity index (χ1) is 9.92. The molecular weight excluding hydrogens is 282 g/mol. The molecule has 1 N–H and O–H groups in total. The molecule has 7 heteroatoms. The number of amides is 4. The predicted octanol–water partition coefficient (Wildman–Crippen LogP) is 1.37. The number of urea groups is 1. The third-order valence-corrected chi connectivity index (χ3v) is 3.85. The second-order valence-corrected chi connectivity index (χ2v) is 5.33. The van der Waals surface area contributed by atoms with Crippen LogP contribution < -0.4 is 5.32 Å². The van der Waals surface area contributed by atoms with Crippen molar-refractivity contribution >= 4 is 17.8 Å². The van der Waals surface area contributed by atoms with Crippen molar-refractivity contribution in [2.75, 3.05) is 6.54 Å². The predicted molar refractivity (Wildman–Crippen MR) is 67.0 cm³/mol. The highest BCUT2D eigenvalue weighted by Gasteiger charge is 2.61. The van der Waals surface area contributed by atoms with Gasteiger partial charge in [0.25, 0.3) is 0 Å². The van der Waals surface area contributed by atoms with Crippen molar-refractivity contribution in [3.05, 3.63) is 35.4 Å². The summed E-state index contributed by atoms with van der Waals surface area (Å²) in [6.07, 6.45) is 0.976. The summed E-state index contributed by atoms with van der Waals surface area (Å²) >= 11 is 0. The van der Waals surface area contributed by atoms with E-state index in [4.69, 9.17) is 0 Å². The number of nitrogens with one attached hydrogen (secondary N) is 1. The number of nitrogens with zero attached hydrogens (tertiary/aromatic N) is 1. The van der Waals surface area contributed by atoms with Crippen LogP contribution in [0.5, 0.6) is 0 Å². The lowest BCUT2D eigenvalue weighted by atomic mass is 10.0. The Kier molecular flexibility index (Phi) is 3.00. The number of carbonyl (C=O) groups excluding carboxylic acids is 3. The summed E-state index contributed by atoms with van der Waals surface area (Å²) in [6.45, 7) is -0.0252. The molecular formula is C14H12F2N2O3. The number of imide groups is 2. The summed E-state index contributed by atoms with van der Waals surface area (Å²) < 4.78 is 26.2. The monoisotopic (exact) mass is 294 g/mol. The van der Waals surface area contributed by atoms with Crippen molar-refractivity contribution in [2.24, 2.45) is 5.41 Å². The zero-order valence-electron chi connectivity index (χ0n) is 11.0. The lowest BCUT2D eigenvalue weighted by Gasteiger charge is -2.30. The van der Waals surface area contributed by atoms with Gasteiger partial charge < -0.3 is 0 Å². The summed E-state index contributed by atoms with van der Waals surface area (Å²) in [6, 6.07) is 2.26. The van der Waals surface area contributed by atoms with Crippen LogP contribution in [0.4, 0.5) is 13.6 Å². The normalized spacial score (nSPS) is 19.9. The summed E-state index contributed by atoms with van der Waals surface area (Å²) in [7, 11) is 0. The van der Waals surface area contributed by atoms with E-state index in [0.717, 1.165) is 23.1 Å². The van der Waals surface area contributed by atoms with E-state index in [0.29, 0.717) is 18.4 Å². The van der Waals surface area contributed by atoms with E-state index in [9.17, 15) is 23.2 Å². The fourth-order valence-corrected chi connectivity index (χ4v) is 2.50. The molecule has 1 spiro atoms. The maximum atomic E-state index is 13.1. The number of rotatable bonds is 3. The van der Waals surface area contributed by atoms with Gasteiger partial charge in [0.05, 0.1) is 0 Å². The van der Waals surface area contributed by atoms with Gasteiger partial charge in [0.1, 0.15) is 17.0 Å². The number of benzene rings is 1. The molecule has 1 aromatic rings. The lowest BCUT2D eigenvalue weighted by molar-refractivity contribution is -0.144. The molecule has 110 valence electrons. The van der Waals surface area contributed by atoms with E-state index in [2.05, 4.69) is 5.32 Å². The Morgan fingerprint density at radius 1 is 1.10 bits per heavy atom. The fraction of sp³-hybridized carbons (Fsp3) is 0.357. The maximum absolute atomic E-state index is 13.1. The van der Waals surface area contributed by atoms with E-state index in [-0.39, 0.29) is 13.0 Å². The van der Waals surface area contributed by atoms with Gasteiger partial charge >= 0.3 is 6.03 Å². The third kappa shape index (κ3) is 2.28. The topological polar surface area (TPSA) is 66.5 Å². The fourth-order valence-electron chi connectivity index (χ4n) is 2.50. The molecule has 21 heavy (non-hydrogen) atoms. The van der Waals surface area contributed by atoms with Crippen LogP contribution in [0.2, 0.25) is 0 Å². The first-order valence-corrected chi connectivity index (χ1v) is 6.55. The molecule has 0 atom stereocenters. The summed E-state index contributed by atoms with van der Waals surface area (Å²) in [5.41, 5.74) is -0.754. The van der Waals surface area contributed by atoms with Gasteiger partial charge in [-0.25, -0.2) is 13.6 Å². The molecule has 1 aromatic carbocycles. The van der Waals surface area contributed by atoms with E-state index < -0.39 is 34.9 Å². The van der Waals surface area contributed by atoms with Gasteiger partial charge in [-0.3, -0.25) is 19.8 Å². The molecule has 0 aromatic heterocycles. The Morgan fingerprint density at radius 2 is 1.71 bits per heavy atom. The van der Waals surface area contributed by atoms with Gasteiger partial charge in [-0.2, -0.15) is 0 Å². The van der Waals surface area contributed by atoms with Gasteiger partial charge in [0.2, 0.25) is 11.8 Å². The number of barbiturate groups is 1. The smallest absolute Gasteiger partial charge is 0.277 e. The van der Waals surface area contributed by atoms with E-state index in [1.165, 1.54) is 0 Å². The Balaban J connectivity index is 1.73. The van der Waals surface area contributed by atoms with Crippen LogP contribution in [-0.2, 0) is 16.0 Å². The van der Waals surface area contributed by atoms with E-state index in [1.807, 2.05) is 0 Å². The van der Waals surface area contributed by atoms with Crippen molar-refractivity contribution in [2.45, 2.75) is 19.3 Å². The molecule has 2 aliphatic rings. The van der Waals surface area contributed by atoms with Crippen molar-refractivity contribution < 1.29 is 23.2 Å². The molecule has 1 aliphatic carbocycles. The third-order valence-electron chi connectivity index (χ3n) is 3.85. The van der Waals surface area contributed by atoms with Gasteiger partial charge in [-0.15, -0.1) is 0 Å². The Morgan fingerprint density at radius 3 is 2.29 bits per heavy atom. The lowest BCUT2D eigenvalue weighted by Crippen LogP contribution is -2.59. The minimum absolute atomic E-state index is 0.0252. The first kappa shape index (κ1) is 13.7. The number of halogens is 2. The van der Waals surface area contributed by atoms with Crippen LogP contribution in [0, 0.1) is 17.0 Å². The first-order valence-electron chi connectivity index (χ1n) is 6.55. The van der Waals surface area contributed by atoms with Gasteiger partial charge in [-0.1, -0.05) is 0 Å². The zero-order valence-corrected chi connectivity index (χ0v) is 11.0. The summed E-state index contributed by atoms with van der Waals surface area (Å²) in [5, 5.41) is 2.15. The molecule has 2 fully saturated rings. The number of carbonyl (C=O) groups is 3. The highest BCUT2D eigenvalue weighted by Crippen LogP contribution is 2.48. The van der Waals surface area contributed by atoms with Crippen molar-refractivity contribution in [1.29, 1.82) is 0 Å². The van der Waals surface area contributed by atoms with Crippen LogP contribution in [0.3, 0.4) is 0 Å². The standard InChI is InChI=1S/C14H12F2N2O3/c15-9-5-8(6-10(16)7-9)1-4-18-12(20)14(2-3-14)11(19)17-13(18)21/h5-7H,1-4H2,(H,17,19,21). The van der Waals surface area contributed by atoms with Crippen LogP contribution >= 0.6 is 0 Å². The molecule has 1 saturated carbocycles. The maximum Gasteiger partial charge on any atom is 0.330 e. The van der Waals surface area contributed by atoms with Gasteiger partial charge in [0, 0.05) is 12.6 Å². The Bertz CT molecular complexity index is 635. The van der Waals surface area contributed by atoms with Gasteiger partial charge in [0.15, 0.2) is 0 Å². The second kappa shape index (κ2) is 4.61. The second-order valence-electron chi connectivity index (χ2n) is 5.33.